The molecule has 0 saturated heterocycles. The minimum absolute atomic E-state index is 0.0721. The number of ether oxygens (including phenoxy) is 1. The molecule has 0 saturated carbocycles. The van der Waals surface area contributed by atoms with Crippen LogP contribution in [0.5, 0.6) is 0 Å². The third kappa shape index (κ3) is 3.69. The first-order valence-electron chi connectivity index (χ1n) is 6.36. The average Bonchev–Trinajstić information content (AvgIpc) is 3.03. The molecule has 2 aromatic carbocycles. The number of nitrogens with zero attached hydrogens (tertiary/aromatic N) is 2. The summed E-state index contributed by atoms with van der Waals surface area (Å²) in [4.78, 5) is 21.5. The zero-order valence-electron chi connectivity index (χ0n) is 11.8. The van der Waals surface area contributed by atoms with E-state index >= 15 is 0 Å². The number of hydrogen-bond donors (Lipinski definition) is 1. The van der Waals surface area contributed by atoms with Gasteiger partial charge >= 0.3 is 11.9 Å². The number of carboxylic acids is 1. The van der Waals surface area contributed by atoms with Gasteiger partial charge in [0.05, 0.1) is 30.1 Å². The van der Waals surface area contributed by atoms with Gasteiger partial charge in [-0.25, -0.2) is 9.59 Å². The monoisotopic (exact) mass is 297 g/mol. The second-order valence-corrected chi connectivity index (χ2v) is 4.28. The molecule has 0 unspecified atom stereocenters. The van der Waals surface area contributed by atoms with Crippen molar-refractivity contribution in [2.24, 2.45) is 5.10 Å². The molecule has 0 aromatic heterocycles. The highest BCUT2D eigenvalue weighted by Gasteiger charge is 2.08. The van der Waals surface area contributed by atoms with E-state index in [4.69, 9.17) is 5.11 Å². The molecule has 1 aliphatic rings. The van der Waals surface area contributed by atoms with Gasteiger partial charge in [-0.2, -0.15) is 10.5 Å². The molecule has 111 valence electrons. The molecule has 1 aliphatic heterocycles. The van der Waals surface area contributed by atoms with E-state index < -0.39 is 11.9 Å². The van der Waals surface area contributed by atoms with E-state index in [-0.39, 0.29) is 11.1 Å². The van der Waals surface area contributed by atoms with Gasteiger partial charge in [-0.15, -0.1) is 0 Å². The summed E-state index contributed by atoms with van der Waals surface area (Å²) in [5.74, 6) is -1.60. The van der Waals surface area contributed by atoms with Gasteiger partial charge in [0, 0.05) is 5.56 Å². The number of esters is 1. The van der Waals surface area contributed by atoms with Gasteiger partial charge in [-0.3, -0.25) is 0 Å². The highest BCUT2D eigenvalue weighted by Crippen LogP contribution is 2.16. The van der Waals surface area contributed by atoms with Crippen LogP contribution in [0.2, 0.25) is 0 Å². The summed E-state index contributed by atoms with van der Waals surface area (Å²) in [5.41, 5.74) is 6.26. The summed E-state index contributed by atoms with van der Waals surface area (Å²) >= 11 is 0. The van der Waals surface area contributed by atoms with Gasteiger partial charge < -0.3 is 9.84 Å². The van der Waals surface area contributed by atoms with Gasteiger partial charge in [-0.05, 0) is 24.3 Å². The molecule has 1 radical (unpaired) electrons. The van der Waals surface area contributed by atoms with Crippen molar-refractivity contribution in [2.45, 2.75) is 0 Å². The summed E-state index contributed by atoms with van der Waals surface area (Å²) in [6.07, 6.45) is 1.76. The first-order chi connectivity index (χ1) is 10.6. The Kier molecular flexibility index (Phi) is 4.87. The fourth-order valence-electron chi connectivity index (χ4n) is 1.74. The van der Waals surface area contributed by atoms with Crippen LogP contribution in [-0.4, -0.2) is 30.4 Å². The first-order valence-corrected chi connectivity index (χ1v) is 6.36. The maximum absolute atomic E-state index is 11.0. The molecular formula is C16H13N2O4. The third-order valence-electron chi connectivity index (χ3n) is 2.83. The van der Waals surface area contributed by atoms with Crippen molar-refractivity contribution in [3.05, 3.63) is 65.2 Å². The maximum Gasteiger partial charge on any atom is 0.337 e. The average molecular weight is 297 g/mol. The van der Waals surface area contributed by atoms with Crippen molar-refractivity contribution in [3.8, 4) is 0 Å². The van der Waals surface area contributed by atoms with Gasteiger partial charge in [0.15, 0.2) is 0 Å². The molecule has 22 heavy (non-hydrogen) atoms. The molecular weight excluding hydrogens is 284 g/mol. The highest BCUT2D eigenvalue weighted by atomic mass is 16.5. The molecule has 1 heterocycles. The topological polar surface area (TPSA) is 90.1 Å². The quantitative estimate of drug-likeness (QED) is 0.862. The second-order valence-electron chi connectivity index (χ2n) is 4.28. The Morgan fingerprint density at radius 3 is 2.45 bits per heavy atom. The molecule has 2 aromatic rings. The van der Waals surface area contributed by atoms with Crippen LogP contribution in [0.1, 0.15) is 26.3 Å². The summed E-state index contributed by atoms with van der Waals surface area (Å²) in [6.45, 7) is 0. The predicted octanol–water partition coefficient (Wildman–Crippen LogP) is 2.44. The molecule has 0 spiro atoms. The molecule has 0 fully saturated rings. The minimum Gasteiger partial charge on any atom is -0.478 e. The summed E-state index contributed by atoms with van der Waals surface area (Å²) in [5, 5.41) is 12.4. The number of fused-ring (bicyclic) bond motifs is 1. The van der Waals surface area contributed by atoms with Crippen molar-refractivity contribution >= 4 is 23.8 Å². The number of carbonyl (C=O) groups excluding carboxylic acids is 1. The number of benzene rings is 2. The molecule has 0 atom stereocenters. The van der Waals surface area contributed by atoms with Crippen LogP contribution < -0.4 is 5.43 Å². The largest absolute Gasteiger partial charge is 0.478 e. The zero-order chi connectivity index (χ0) is 15.9. The smallest absolute Gasteiger partial charge is 0.337 e. The number of methoxy groups -OCH3 is 1. The first kappa shape index (κ1) is 15.2. The van der Waals surface area contributed by atoms with Gasteiger partial charge in [-0.1, -0.05) is 24.3 Å². The van der Waals surface area contributed by atoms with E-state index in [9.17, 15) is 9.59 Å². The van der Waals surface area contributed by atoms with Gasteiger partial charge in [0.2, 0.25) is 0 Å². The van der Waals surface area contributed by atoms with Crippen LogP contribution in [0.25, 0.3) is 0 Å². The van der Waals surface area contributed by atoms with Crippen molar-refractivity contribution in [1.82, 2.24) is 5.43 Å². The number of aromatic carboxylic acids is 1. The number of carbonyl (C=O) groups is 2. The number of carboxylic acid groups (broad SMARTS) is 1. The fourth-order valence-corrected chi connectivity index (χ4v) is 1.74. The normalized spacial score (nSPS) is 10.8. The Bertz CT molecular complexity index is 726. The standard InChI is InChI=1S/C9H8O4.C7H5N2/c1-13-9(12)7-4-2-3-6(5-7)8(10)11;1-2-4-7-6(3-1)5-8-9-7/h2-5H,1H3,(H,10,11);1-5H. The van der Waals surface area contributed by atoms with E-state index in [0.29, 0.717) is 0 Å². The molecule has 0 bridgehead atoms. The lowest BCUT2D eigenvalue weighted by atomic mass is 10.1. The Morgan fingerprint density at radius 2 is 1.77 bits per heavy atom. The fraction of sp³-hybridized carbons (Fsp3) is 0.0625. The van der Waals surface area contributed by atoms with Gasteiger partial charge in [0.25, 0.3) is 0 Å². The van der Waals surface area contributed by atoms with Crippen LogP contribution in [-0.2, 0) is 4.74 Å². The molecule has 0 aliphatic carbocycles. The van der Waals surface area contributed by atoms with E-state index in [1.165, 1.54) is 31.4 Å². The third-order valence-corrected chi connectivity index (χ3v) is 2.83. The SMILES string of the molecule is C1=N[N]c2ccccc21.COC(=O)c1cccc(C(=O)O)c1. The molecule has 6 nitrogen and oxygen atoms in total. The molecule has 0 amide bonds. The Morgan fingerprint density at radius 1 is 1.05 bits per heavy atom. The van der Waals surface area contributed by atoms with Crippen LogP contribution in [0, 0.1) is 0 Å². The van der Waals surface area contributed by atoms with Gasteiger partial charge in [0.1, 0.15) is 0 Å². The van der Waals surface area contributed by atoms with E-state index in [1.54, 1.807) is 6.21 Å². The Balaban J connectivity index is 0.000000170. The number of hydrogen-bond acceptors (Lipinski definition) is 4. The van der Waals surface area contributed by atoms with Crippen molar-refractivity contribution in [3.63, 3.8) is 0 Å². The van der Waals surface area contributed by atoms with Crippen molar-refractivity contribution in [1.29, 1.82) is 0 Å². The van der Waals surface area contributed by atoms with E-state index in [1.807, 2.05) is 24.3 Å². The molecule has 3 rings (SSSR count). The second kappa shape index (κ2) is 7.03. The Labute approximate surface area is 127 Å². The van der Waals surface area contributed by atoms with E-state index in [2.05, 4.69) is 15.3 Å². The lowest BCUT2D eigenvalue weighted by Crippen LogP contribution is -2.03. The van der Waals surface area contributed by atoms with Crippen LogP contribution in [0.15, 0.2) is 53.6 Å². The summed E-state index contributed by atoms with van der Waals surface area (Å²) in [7, 11) is 1.25. The van der Waals surface area contributed by atoms with Crippen LogP contribution in [0.3, 0.4) is 0 Å². The summed E-state index contributed by atoms with van der Waals surface area (Å²) < 4.78 is 4.44. The maximum atomic E-state index is 11.0. The molecule has 1 N–H and O–H groups in total. The zero-order valence-corrected chi connectivity index (χ0v) is 11.8. The molecule has 6 heteroatoms. The predicted molar refractivity (Wildman–Crippen MR) is 80.6 cm³/mol. The minimum atomic E-state index is -1.06. The lowest BCUT2D eigenvalue weighted by molar-refractivity contribution is 0.0600. The highest BCUT2D eigenvalue weighted by molar-refractivity contribution is 5.94. The number of rotatable bonds is 2. The van der Waals surface area contributed by atoms with Crippen molar-refractivity contribution < 1.29 is 19.4 Å². The van der Waals surface area contributed by atoms with Crippen LogP contribution >= 0.6 is 0 Å². The van der Waals surface area contributed by atoms with Crippen LogP contribution in [0.4, 0.5) is 5.69 Å². The summed E-state index contributed by atoms with van der Waals surface area (Å²) in [6, 6.07) is 13.6. The van der Waals surface area contributed by atoms with E-state index in [0.717, 1.165) is 11.3 Å². The Hall–Kier alpha value is -3.15. The lowest BCUT2D eigenvalue weighted by Gasteiger charge is -1.99. The van der Waals surface area contributed by atoms with Crippen molar-refractivity contribution in [2.75, 3.05) is 7.11 Å².